The number of thiophene rings is 1. The van der Waals surface area contributed by atoms with E-state index in [9.17, 15) is 14.4 Å². The fraction of sp³-hybridized carbons (Fsp3) is 0.269. The summed E-state index contributed by atoms with van der Waals surface area (Å²) in [5.74, 6) is -1.24. The second kappa shape index (κ2) is 11.0. The minimum Gasteiger partial charge on any atom is -0.481 e. The lowest BCUT2D eigenvalue weighted by Crippen LogP contribution is -2.31. The normalized spacial score (nSPS) is 12.9. The van der Waals surface area contributed by atoms with Gasteiger partial charge >= 0.3 is 12.1 Å². The van der Waals surface area contributed by atoms with Crippen molar-refractivity contribution in [3.05, 3.63) is 82.0 Å². The van der Waals surface area contributed by atoms with Gasteiger partial charge < -0.3 is 20.5 Å². The van der Waals surface area contributed by atoms with Crippen LogP contribution in [0.4, 0.5) is 4.79 Å². The second-order valence-electron chi connectivity index (χ2n) is 8.09. The topological polar surface area (TPSA) is 105 Å². The van der Waals surface area contributed by atoms with Crippen molar-refractivity contribution in [3.63, 3.8) is 0 Å². The third kappa shape index (κ3) is 5.63. The van der Waals surface area contributed by atoms with Crippen LogP contribution in [0.3, 0.4) is 0 Å². The van der Waals surface area contributed by atoms with Crippen molar-refractivity contribution in [1.29, 1.82) is 0 Å². The number of fused-ring (bicyclic) bond motifs is 3. The third-order valence-electron chi connectivity index (χ3n) is 5.79. The second-order valence-corrected chi connectivity index (χ2v) is 9.07. The molecule has 1 aliphatic carbocycles. The largest absolute Gasteiger partial charge is 0.481 e. The SMILES string of the molecule is O=C(O)CC(NC(=O)CCCNC(=O)OCC1c2ccccc2-c2ccccc21)c1cccs1. The van der Waals surface area contributed by atoms with E-state index in [1.165, 1.54) is 22.5 Å². The van der Waals surface area contributed by atoms with Crippen LogP contribution in [0.15, 0.2) is 66.0 Å². The van der Waals surface area contributed by atoms with Gasteiger partial charge in [0.15, 0.2) is 0 Å². The first-order valence-electron chi connectivity index (χ1n) is 11.2. The van der Waals surface area contributed by atoms with Gasteiger partial charge in [0.1, 0.15) is 6.61 Å². The molecule has 1 heterocycles. The molecular formula is C26H26N2O5S. The molecule has 8 heteroatoms. The van der Waals surface area contributed by atoms with Crippen molar-refractivity contribution in [3.8, 4) is 11.1 Å². The highest BCUT2D eigenvalue weighted by Crippen LogP contribution is 2.44. The highest BCUT2D eigenvalue weighted by Gasteiger charge is 2.29. The van der Waals surface area contributed by atoms with Gasteiger partial charge in [-0.3, -0.25) is 9.59 Å². The minimum atomic E-state index is -0.976. The number of rotatable bonds is 10. The Morgan fingerprint density at radius 1 is 0.971 bits per heavy atom. The molecule has 4 rings (SSSR count). The Labute approximate surface area is 201 Å². The summed E-state index contributed by atoms with van der Waals surface area (Å²) in [7, 11) is 0. The monoisotopic (exact) mass is 478 g/mol. The molecule has 1 atom stereocenters. The van der Waals surface area contributed by atoms with Crippen LogP contribution < -0.4 is 10.6 Å². The average Bonchev–Trinajstić information content (AvgIpc) is 3.47. The molecule has 0 saturated heterocycles. The van der Waals surface area contributed by atoms with Crippen LogP contribution >= 0.6 is 11.3 Å². The van der Waals surface area contributed by atoms with Gasteiger partial charge in [-0.25, -0.2) is 4.79 Å². The molecule has 7 nitrogen and oxygen atoms in total. The van der Waals surface area contributed by atoms with Gasteiger partial charge in [-0.1, -0.05) is 54.6 Å². The summed E-state index contributed by atoms with van der Waals surface area (Å²) in [6.07, 6.45) is -0.111. The molecule has 0 saturated carbocycles. The van der Waals surface area contributed by atoms with Crippen molar-refractivity contribution < 1.29 is 24.2 Å². The number of hydrogen-bond acceptors (Lipinski definition) is 5. The van der Waals surface area contributed by atoms with Crippen molar-refractivity contribution in [2.45, 2.75) is 31.2 Å². The molecule has 0 spiro atoms. The predicted molar refractivity (Wildman–Crippen MR) is 130 cm³/mol. The van der Waals surface area contributed by atoms with E-state index in [0.29, 0.717) is 6.42 Å². The zero-order valence-electron chi connectivity index (χ0n) is 18.5. The van der Waals surface area contributed by atoms with Gasteiger partial charge in [0.2, 0.25) is 5.91 Å². The first-order chi connectivity index (χ1) is 16.5. The number of alkyl carbamates (subject to hydrolysis) is 1. The first-order valence-corrected chi connectivity index (χ1v) is 12.0. The Morgan fingerprint density at radius 3 is 2.26 bits per heavy atom. The number of ether oxygens (including phenoxy) is 1. The fourth-order valence-corrected chi connectivity index (χ4v) is 5.02. The summed E-state index contributed by atoms with van der Waals surface area (Å²) < 4.78 is 5.49. The predicted octanol–water partition coefficient (Wildman–Crippen LogP) is 4.70. The molecule has 0 radical (unpaired) electrons. The Morgan fingerprint density at radius 2 is 1.65 bits per heavy atom. The Hall–Kier alpha value is -3.65. The lowest BCUT2D eigenvalue weighted by molar-refractivity contribution is -0.137. The highest BCUT2D eigenvalue weighted by molar-refractivity contribution is 7.10. The summed E-state index contributed by atoms with van der Waals surface area (Å²) in [5, 5.41) is 16.4. The maximum absolute atomic E-state index is 12.3. The number of nitrogens with one attached hydrogen (secondary N) is 2. The standard InChI is InChI=1S/C26H26N2O5S/c29-24(28-22(15-25(30)31)23-11-6-14-34-23)12-5-13-27-26(32)33-16-21-19-9-3-1-7-17(19)18-8-2-4-10-20(18)21/h1-4,6-11,14,21-22H,5,12-13,15-16H2,(H,27,32)(H,28,29)(H,30,31). The molecule has 2 amide bonds. The molecular weight excluding hydrogens is 452 g/mol. The number of amides is 2. The van der Waals surface area contributed by atoms with Gasteiger partial charge in [-0.05, 0) is 40.1 Å². The van der Waals surface area contributed by atoms with Crippen LogP contribution in [-0.2, 0) is 14.3 Å². The van der Waals surface area contributed by atoms with Crippen molar-refractivity contribution >= 4 is 29.3 Å². The van der Waals surface area contributed by atoms with Crippen LogP contribution in [0.2, 0.25) is 0 Å². The number of carbonyl (C=O) groups excluding carboxylic acids is 2. The minimum absolute atomic E-state index is 0.00709. The molecule has 0 fully saturated rings. The van der Waals surface area contributed by atoms with Crippen LogP contribution in [0.5, 0.6) is 0 Å². The fourth-order valence-electron chi connectivity index (χ4n) is 4.24. The van der Waals surface area contributed by atoms with Gasteiger partial charge in [0.25, 0.3) is 0 Å². The molecule has 1 unspecified atom stereocenters. The molecule has 176 valence electrons. The molecule has 3 aromatic rings. The van der Waals surface area contributed by atoms with Crippen molar-refractivity contribution in [1.82, 2.24) is 10.6 Å². The van der Waals surface area contributed by atoms with Crippen LogP contribution in [-0.4, -0.2) is 36.2 Å². The Balaban J connectivity index is 1.21. The lowest BCUT2D eigenvalue weighted by Gasteiger charge is -2.16. The zero-order valence-corrected chi connectivity index (χ0v) is 19.3. The number of carbonyl (C=O) groups is 3. The smallest absolute Gasteiger partial charge is 0.407 e. The molecule has 1 aliphatic rings. The van der Waals surface area contributed by atoms with Gasteiger partial charge in [0.05, 0.1) is 12.5 Å². The van der Waals surface area contributed by atoms with E-state index in [-0.39, 0.29) is 37.8 Å². The van der Waals surface area contributed by atoms with E-state index in [1.54, 1.807) is 6.07 Å². The summed E-state index contributed by atoms with van der Waals surface area (Å²) in [5.41, 5.74) is 4.63. The zero-order chi connectivity index (χ0) is 23.9. The lowest BCUT2D eigenvalue weighted by atomic mass is 9.98. The van der Waals surface area contributed by atoms with E-state index in [4.69, 9.17) is 9.84 Å². The quantitative estimate of drug-likeness (QED) is 0.367. The summed E-state index contributed by atoms with van der Waals surface area (Å²) in [6.45, 7) is 0.519. The summed E-state index contributed by atoms with van der Waals surface area (Å²) in [4.78, 5) is 36.4. The highest BCUT2D eigenvalue weighted by atomic mass is 32.1. The Kier molecular flexibility index (Phi) is 7.59. The molecule has 0 aliphatic heterocycles. The van der Waals surface area contributed by atoms with Gasteiger partial charge in [0, 0.05) is 23.8 Å². The van der Waals surface area contributed by atoms with Gasteiger partial charge in [-0.2, -0.15) is 0 Å². The third-order valence-corrected chi connectivity index (χ3v) is 6.78. The number of hydrogen-bond donors (Lipinski definition) is 3. The van der Waals surface area contributed by atoms with Crippen molar-refractivity contribution in [2.75, 3.05) is 13.2 Å². The van der Waals surface area contributed by atoms with E-state index in [2.05, 4.69) is 34.9 Å². The number of carboxylic acid groups (broad SMARTS) is 1. The Bertz CT molecular complexity index is 1120. The number of aliphatic carboxylic acids is 1. The molecule has 1 aromatic heterocycles. The maximum atomic E-state index is 12.3. The molecule has 0 bridgehead atoms. The number of benzene rings is 2. The maximum Gasteiger partial charge on any atom is 0.407 e. The molecule has 3 N–H and O–H groups in total. The van der Waals surface area contributed by atoms with E-state index < -0.39 is 18.1 Å². The summed E-state index contributed by atoms with van der Waals surface area (Å²) >= 11 is 1.40. The van der Waals surface area contributed by atoms with Crippen LogP contribution in [0.1, 0.15) is 47.2 Å². The van der Waals surface area contributed by atoms with E-state index in [0.717, 1.165) is 16.0 Å². The van der Waals surface area contributed by atoms with Crippen LogP contribution in [0, 0.1) is 0 Å². The average molecular weight is 479 g/mol. The first kappa shape index (κ1) is 23.5. The van der Waals surface area contributed by atoms with E-state index in [1.807, 2.05) is 35.7 Å². The molecule has 2 aromatic carbocycles. The van der Waals surface area contributed by atoms with Gasteiger partial charge in [-0.15, -0.1) is 11.3 Å². The number of carboxylic acids is 1. The summed E-state index contributed by atoms with van der Waals surface area (Å²) in [6, 6.07) is 19.3. The van der Waals surface area contributed by atoms with Crippen LogP contribution in [0.25, 0.3) is 11.1 Å². The molecule has 34 heavy (non-hydrogen) atoms. The van der Waals surface area contributed by atoms with E-state index >= 15 is 0 Å². The van der Waals surface area contributed by atoms with Crippen molar-refractivity contribution in [2.24, 2.45) is 0 Å².